The molecule has 0 bridgehead atoms. The molecular weight excluding hydrogens is 224 g/mol. The minimum absolute atomic E-state index is 0.785. The molecule has 1 N–H and O–H groups in total. The van der Waals surface area contributed by atoms with Crippen LogP contribution in [0.5, 0.6) is 0 Å². The van der Waals surface area contributed by atoms with Crippen LogP contribution in [0.4, 0.5) is 5.82 Å². The van der Waals surface area contributed by atoms with Gasteiger partial charge in [0.15, 0.2) is 0 Å². The molecule has 1 fully saturated rings. The fourth-order valence-corrected chi connectivity index (χ4v) is 2.44. The fourth-order valence-electron chi connectivity index (χ4n) is 2.44. The van der Waals surface area contributed by atoms with E-state index in [1.165, 1.54) is 32.5 Å². The molecule has 0 amide bonds. The van der Waals surface area contributed by atoms with Crippen LogP contribution in [0.1, 0.15) is 32.4 Å². The second-order valence-corrected chi connectivity index (χ2v) is 5.01. The van der Waals surface area contributed by atoms with Crippen molar-refractivity contribution in [1.29, 1.82) is 0 Å². The van der Waals surface area contributed by atoms with Gasteiger partial charge in [0, 0.05) is 18.3 Å². The van der Waals surface area contributed by atoms with Gasteiger partial charge in [-0.15, -0.1) is 0 Å². The van der Waals surface area contributed by atoms with Gasteiger partial charge in [-0.2, -0.15) is 0 Å². The molecule has 4 heteroatoms. The van der Waals surface area contributed by atoms with Gasteiger partial charge in [0.25, 0.3) is 0 Å². The fraction of sp³-hybridized carbons (Fsp3) is 0.714. The summed E-state index contributed by atoms with van der Waals surface area (Å²) < 4.78 is 0. The van der Waals surface area contributed by atoms with Gasteiger partial charge in [0.2, 0.25) is 0 Å². The zero-order valence-electron chi connectivity index (χ0n) is 11.5. The van der Waals surface area contributed by atoms with Crippen molar-refractivity contribution < 1.29 is 0 Å². The summed E-state index contributed by atoms with van der Waals surface area (Å²) in [5, 5.41) is 3.45. The minimum atomic E-state index is 0.785. The maximum absolute atomic E-state index is 4.27. The van der Waals surface area contributed by atoms with Gasteiger partial charge < -0.3 is 10.2 Å². The number of piperidine rings is 1. The van der Waals surface area contributed by atoms with E-state index in [2.05, 4.69) is 40.1 Å². The summed E-state index contributed by atoms with van der Waals surface area (Å²) in [6, 6.07) is 2.06. The SMILES string of the molecule is CCc1cc(NCC2CCN(CC)CC2)ncn1. The molecule has 4 nitrogen and oxygen atoms in total. The normalized spacial score (nSPS) is 17.9. The molecule has 1 aliphatic heterocycles. The first kappa shape index (κ1) is 13.3. The van der Waals surface area contributed by atoms with Crippen LogP contribution in [0.3, 0.4) is 0 Å². The topological polar surface area (TPSA) is 41.0 Å². The Morgan fingerprint density at radius 3 is 2.72 bits per heavy atom. The smallest absolute Gasteiger partial charge is 0.129 e. The summed E-state index contributed by atoms with van der Waals surface area (Å²) in [6.07, 6.45) is 5.21. The molecular formula is C14H24N4. The first-order chi connectivity index (χ1) is 8.81. The molecule has 2 rings (SSSR count). The molecule has 1 aromatic rings. The lowest BCUT2D eigenvalue weighted by Crippen LogP contribution is -2.35. The Bertz CT molecular complexity index is 359. The largest absolute Gasteiger partial charge is 0.370 e. The Morgan fingerprint density at radius 1 is 1.28 bits per heavy atom. The van der Waals surface area contributed by atoms with Crippen molar-refractivity contribution in [2.45, 2.75) is 33.1 Å². The average molecular weight is 248 g/mol. The second kappa shape index (κ2) is 6.69. The van der Waals surface area contributed by atoms with Crippen molar-refractivity contribution in [3.05, 3.63) is 18.1 Å². The van der Waals surface area contributed by atoms with E-state index in [0.29, 0.717) is 0 Å². The third kappa shape index (κ3) is 3.67. The molecule has 1 aliphatic rings. The Labute approximate surface area is 110 Å². The van der Waals surface area contributed by atoms with Gasteiger partial charge in [0.05, 0.1) is 0 Å². The number of hydrogen-bond acceptors (Lipinski definition) is 4. The van der Waals surface area contributed by atoms with Crippen LogP contribution in [0.2, 0.25) is 0 Å². The van der Waals surface area contributed by atoms with Crippen molar-refractivity contribution in [3.63, 3.8) is 0 Å². The maximum atomic E-state index is 4.27. The van der Waals surface area contributed by atoms with Crippen LogP contribution in [0.25, 0.3) is 0 Å². The molecule has 0 radical (unpaired) electrons. The van der Waals surface area contributed by atoms with E-state index in [-0.39, 0.29) is 0 Å². The molecule has 0 aliphatic carbocycles. The van der Waals surface area contributed by atoms with Crippen LogP contribution in [-0.2, 0) is 6.42 Å². The number of hydrogen-bond donors (Lipinski definition) is 1. The highest BCUT2D eigenvalue weighted by molar-refractivity contribution is 5.34. The highest BCUT2D eigenvalue weighted by Gasteiger charge is 2.17. The molecule has 1 saturated heterocycles. The number of anilines is 1. The molecule has 0 saturated carbocycles. The summed E-state index contributed by atoms with van der Waals surface area (Å²) in [4.78, 5) is 11.0. The van der Waals surface area contributed by atoms with Crippen molar-refractivity contribution in [3.8, 4) is 0 Å². The molecule has 0 atom stereocenters. The third-order valence-corrected chi connectivity index (χ3v) is 3.81. The number of nitrogens with zero attached hydrogens (tertiary/aromatic N) is 3. The van der Waals surface area contributed by atoms with Gasteiger partial charge in [-0.05, 0) is 44.8 Å². The lowest BCUT2D eigenvalue weighted by molar-refractivity contribution is 0.198. The van der Waals surface area contributed by atoms with Gasteiger partial charge in [-0.1, -0.05) is 13.8 Å². The van der Waals surface area contributed by atoms with Crippen LogP contribution < -0.4 is 5.32 Å². The van der Waals surface area contributed by atoms with E-state index in [4.69, 9.17) is 0 Å². The number of likely N-dealkylation sites (tertiary alicyclic amines) is 1. The second-order valence-electron chi connectivity index (χ2n) is 5.01. The van der Waals surface area contributed by atoms with E-state index in [1.54, 1.807) is 6.33 Å². The monoisotopic (exact) mass is 248 g/mol. The average Bonchev–Trinajstić information content (AvgIpc) is 2.46. The van der Waals surface area contributed by atoms with Crippen LogP contribution in [0.15, 0.2) is 12.4 Å². The van der Waals surface area contributed by atoms with Crippen molar-refractivity contribution in [2.24, 2.45) is 5.92 Å². The highest BCUT2D eigenvalue weighted by atomic mass is 15.1. The van der Waals surface area contributed by atoms with Crippen molar-refractivity contribution in [2.75, 3.05) is 31.5 Å². The zero-order chi connectivity index (χ0) is 12.8. The molecule has 2 heterocycles. The maximum Gasteiger partial charge on any atom is 0.129 e. The van der Waals surface area contributed by atoms with Gasteiger partial charge >= 0.3 is 0 Å². The van der Waals surface area contributed by atoms with Crippen molar-refractivity contribution in [1.82, 2.24) is 14.9 Å². The molecule has 0 aromatic carbocycles. The first-order valence-electron chi connectivity index (χ1n) is 7.09. The van der Waals surface area contributed by atoms with Crippen LogP contribution in [0, 0.1) is 5.92 Å². The highest BCUT2D eigenvalue weighted by Crippen LogP contribution is 2.17. The van der Waals surface area contributed by atoms with Gasteiger partial charge in [-0.3, -0.25) is 0 Å². The Hall–Kier alpha value is -1.16. The van der Waals surface area contributed by atoms with Crippen LogP contribution >= 0.6 is 0 Å². The van der Waals surface area contributed by atoms with E-state index in [9.17, 15) is 0 Å². The number of rotatable bonds is 5. The Morgan fingerprint density at radius 2 is 2.06 bits per heavy atom. The number of nitrogens with one attached hydrogen (secondary N) is 1. The zero-order valence-corrected chi connectivity index (χ0v) is 11.5. The van der Waals surface area contributed by atoms with Crippen molar-refractivity contribution >= 4 is 5.82 Å². The number of aryl methyl sites for hydroxylation is 1. The lowest BCUT2D eigenvalue weighted by Gasteiger charge is -2.31. The van der Waals surface area contributed by atoms with Gasteiger partial charge in [0.1, 0.15) is 12.1 Å². The van der Waals surface area contributed by atoms with E-state index in [1.807, 2.05) is 0 Å². The van der Waals surface area contributed by atoms with Gasteiger partial charge in [-0.25, -0.2) is 9.97 Å². The summed E-state index contributed by atoms with van der Waals surface area (Å²) in [7, 11) is 0. The molecule has 1 aromatic heterocycles. The molecule has 100 valence electrons. The Balaban J connectivity index is 1.77. The molecule has 0 unspecified atom stereocenters. The summed E-state index contributed by atoms with van der Waals surface area (Å²) in [5.41, 5.74) is 1.10. The standard InChI is InChI=1S/C14H24N4/c1-3-13-9-14(17-11-16-13)15-10-12-5-7-18(4-2)8-6-12/h9,11-12H,3-8,10H2,1-2H3,(H,15,16,17). The number of aromatic nitrogens is 2. The summed E-state index contributed by atoms with van der Waals surface area (Å²) in [6.45, 7) is 9.07. The third-order valence-electron chi connectivity index (χ3n) is 3.81. The summed E-state index contributed by atoms with van der Waals surface area (Å²) >= 11 is 0. The van der Waals surface area contributed by atoms with E-state index in [0.717, 1.165) is 30.4 Å². The lowest BCUT2D eigenvalue weighted by atomic mass is 9.97. The quantitative estimate of drug-likeness (QED) is 0.867. The van der Waals surface area contributed by atoms with Crippen LogP contribution in [-0.4, -0.2) is 41.0 Å². The predicted molar refractivity (Wildman–Crippen MR) is 74.7 cm³/mol. The summed E-state index contributed by atoms with van der Waals surface area (Å²) in [5.74, 6) is 1.76. The Kier molecular flexibility index (Phi) is 4.93. The molecule has 18 heavy (non-hydrogen) atoms. The molecule has 0 spiro atoms. The van der Waals surface area contributed by atoms with E-state index < -0.39 is 0 Å². The predicted octanol–water partition coefficient (Wildman–Crippen LogP) is 2.18. The first-order valence-corrected chi connectivity index (χ1v) is 7.09. The minimum Gasteiger partial charge on any atom is -0.370 e. The van der Waals surface area contributed by atoms with E-state index >= 15 is 0 Å².